The molecule has 0 aromatic heterocycles. The van der Waals surface area contributed by atoms with E-state index in [-0.39, 0.29) is 12.2 Å². The summed E-state index contributed by atoms with van der Waals surface area (Å²) in [4.78, 5) is 24.1. The summed E-state index contributed by atoms with van der Waals surface area (Å²) in [5, 5.41) is 8.68. The number of hydrogen-bond acceptors (Lipinski definition) is 7. The van der Waals surface area contributed by atoms with E-state index in [0.717, 1.165) is 0 Å². The third-order valence-corrected chi connectivity index (χ3v) is 3.84. The molecule has 1 aromatic carbocycles. The molecule has 25 heavy (non-hydrogen) atoms. The monoisotopic (exact) mass is 457 g/mol. The van der Waals surface area contributed by atoms with Crippen LogP contribution in [0, 0.1) is 14.9 Å². The largest absolute Gasteiger partial charge is 0.490 e. The van der Waals surface area contributed by atoms with Crippen molar-refractivity contribution in [3.8, 4) is 17.6 Å². The van der Waals surface area contributed by atoms with Crippen LogP contribution in [0.25, 0.3) is 6.08 Å². The van der Waals surface area contributed by atoms with Crippen LogP contribution in [0.3, 0.4) is 0 Å². The molecule has 0 atom stereocenters. The Kier molecular flexibility index (Phi) is 5.89. The van der Waals surface area contributed by atoms with E-state index in [2.05, 4.69) is 0 Å². The van der Waals surface area contributed by atoms with Crippen LogP contribution in [0.1, 0.15) is 26.3 Å². The maximum atomic E-state index is 12.0. The van der Waals surface area contributed by atoms with Crippen LogP contribution < -0.4 is 9.47 Å². The normalized spacial score (nSPS) is 15.7. The van der Waals surface area contributed by atoms with Crippen LogP contribution in [-0.4, -0.2) is 30.9 Å². The van der Waals surface area contributed by atoms with Gasteiger partial charge >= 0.3 is 11.9 Å². The fraction of sp³-hybridized carbons (Fsp3) is 0.353. The predicted molar refractivity (Wildman–Crippen MR) is 95.7 cm³/mol. The molecule has 1 aromatic rings. The van der Waals surface area contributed by atoms with Crippen molar-refractivity contribution in [2.75, 3.05) is 13.2 Å². The first-order valence-electron chi connectivity index (χ1n) is 7.42. The topological polar surface area (TPSA) is 94.8 Å². The molecule has 1 heterocycles. The van der Waals surface area contributed by atoms with E-state index in [9.17, 15) is 9.59 Å². The molecular formula is C17H16INO6. The Morgan fingerprint density at radius 2 is 1.88 bits per heavy atom. The van der Waals surface area contributed by atoms with E-state index in [1.807, 2.05) is 35.6 Å². The summed E-state index contributed by atoms with van der Waals surface area (Å²) in [6, 6.07) is 5.21. The molecule has 0 radical (unpaired) electrons. The summed E-state index contributed by atoms with van der Waals surface area (Å²) in [7, 11) is 0. The number of ether oxygens (including phenoxy) is 4. The number of esters is 2. The quantitative estimate of drug-likeness (QED) is 0.291. The molecular weight excluding hydrogens is 441 g/mol. The lowest BCUT2D eigenvalue weighted by molar-refractivity contribution is -0.222. The van der Waals surface area contributed by atoms with Gasteiger partial charge in [0.1, 0.15) is 11.6 Å². The van der Waals surface area contributed by atoms with Crippen molar-refractivity contribution in [3.05, 3.63) is 26.8 Å². The van der Waals surface area contributed by atoms with Gasteiger partial charge < -0.3 is 18.9 Å². The zero-order valence-electron chi connectivity index (χ0n) is 13.9. The fourth-order valence-corrected chi connectivity index (χ4v) is 2.90. The van der Waals surface area contributed by atoms with Crippen molar-refractivity contribution in [3.63, 3.8) is 0 Å². The second-order valence-electron chi connectivity index (χ2n) is 5.45. The number of carbonyl (C=O) groups is 2. The van der Waals surface area contributed by atoms with Crippen molar-refractivity contribution in [2.45, 2.75) is 26.6 Å². The van der Waals surface area contributed by atoms with Crippen LogP contribution in [0.2, 0.25) is 0 Å². The second kappa shape index (κ2) is 7.74. The third kappa shape index (κ3) is 4.63. The zero-order chi connectivity index (χ0) is 18.6. The number of nitrogens with zero attached hydrogens (tertiary/aromatic N) is 1. The number of nitriles is 1. The van der Waals surface area contributed by atoms with Gasteiger partial charge in [0.2, 0.25) is 0 Å². The highest BCUT2D eigenvalue weighted by atomic mass is 127. The van der Waals surface area contributed by atoms with Crippen molar-refractivity contribution in [1.29, 1.82) is 5.26 Å². The number of cyclic esters (lactones) is 2. The minimum atomic E-state index is -1.29. The van der Waals surface area contributed by atoms with Gasteiger partial charge in [-0.25, -0.2) is 9.59 Å². The molecule has 7 nitrogen and oxygen atoms in total. The fourth-order valence-electron chi connectivity index (χ4n) is 2.12. The van der Waals surface area contributed by atoms with Gasteiger partial charge in [-0.2, -0.15) is 5.26 Å². The zero-order valence-corrected chi connectivity index (χ0v) is 16.1. The molecule has 2 rings (SSSR count). The highest BCUT2D eigenvalue weighted by Crippen LogP contribution is 2.35. The Morgan fingerprint density at radius 1 is 1.24 bits per heavy atom. The molecule has 0 saturated carbocycles. The van der Waals surface area contributed by atoms with E-state index >= 15 is 0 Å². The highest BCUT2D eigenvalue weighted by Gasteiger charge is 2.38. The number of benzene rings is 1. The number of carbonyl (C=O) groups excluding carboxylic acids is 2. The molecule has 0 unspecified atom stereocenters. The van der Waals surface area contributed by atoms with E-state index in [1.54, 1.807) is 12.1 Å². The van der Waals surface area contributed by atoms with Crippen LogP contribution >= 0.6 is 22.6 Å². The minimum Gasteiger partial charge on any atom is -0.490 e. The van der Waals surface area contributed by atoms with Gasteiger partial charge in [0.15, 0.2) is 18.1 Å². The van der Waals surface area contributed by atoms with Crippen LogP contribution in [-0.2, 0) is 19.1 Å². The average molecular weight is 457 g/mol. The molecule has 1 aliphatic rings. The summed E-state index contributed by atoms with van der Waals surface area (Å²) in [6.07, 6.45) is 1.37. The van der Waals surface area contributed by atoms with Gasteiger partial charge in [-0.1, -0.05) is 0 Å². The summed E-state index contributed by atoms with van der Waals surface area (Å²) < 4.78 is 21.7. The van der Waals surface area contributed by atoms with Gasteiger partial charge in [0, 0.05) is 13.8 Å². The summed E-state index contributed by atoms with van der Waals surface area (Å²) >= 11 is 2.03. The smallest absolute Gasteiger partial charge is 0.348 e. The summed E-state index contributed by atoms with van der Waals surface area (Å²) in [5.41, 5.74) is 0.337. The van der Waals surface area contributed by atoms with Gasteiger partial charge in [0.05, 0.1) is 10.2 Å². The van der Waals surface area contributed by atoms with E-state index in [4.69, 9.17) is 24.2 Å². The molecule has 1 fully saturated rings. The van der Waals surface area contributed by atoms with Crippen molar-refractivity contribution in [1.82, 2.24) is 0 Å². The molecule has 1 aliphatic heterocycles. The second-order valence-corrected chi connectivity index (χ2v) is 6.61. The Morgan fingerprint density at radius 3 is 2.44 bits per heavy atom. The first kappa shape index (κ1) is 19.1. The molecule has 1 saturated heterocycles. The van der Waals surface area contributed by atoms with Gasteiger partial charge in [0.25, 0.3) is 5.79 Å². The maximum Gasteiger partial charge on any atom is 0.348 e. The Hall–Kier alpha value is -2.28. The molecule has 0 spiro atoms. The maximum absolute atomic E-state index is 12.0. The van der Waals surface area contributed by atoms with Crippen molar-refractivity contribution in [2.24, 2.45) is 0 Å². The van der Waals surface area contributed by atoms with Crippen molar-refractivity contribution >= 4 is 40.6 Å². The molecule has 0 N–H and O–H groups in total. The molecule has 0 amide bonds. The number of rotatable bonds is 5. The Bertz CT molecular complexity index is 756. The molecule has 8 heteroatoms. The highest BCUT2D eigenvalue weighted by molar-refractivity contribution is 14.1. The summed E-state index contributed by atoms with van der Waals surface area (Å²) in [5.74, 6) is -1.95. The van der Waals surface area contributed by atoms with E-state index in [1.165, 1.54) is 19.9 Å². The van der Waals surface area contributed by atoms with Gasteiger partial charge in [-0.05, 0) is 53.3 Å². The van der Waals surface area contributed by atoms with Crippen LogP contribution in [0.5, 0.6) is 11.5 Å². The number of halogens is 1. The standard InChI is InChI=1S/C17H16INO6/c1-4-22-13-9-10(8-12(18)14(13)23-6-5-19)7-11-15(20)24-17(2,3)25-16(11)21/h7-9H,4,6H2,1-3H3. The van der Waals surface area contributed by atoms with Crippen molar-refractivity contribution < 1.29 is 28.5 Å². The first-order valence-corrected chi connectivity index (χ1v) is 8.49. The Balaban J connectivity index is 2.41. The lowest BCUT2D eigenvalue weighted by atomic mass is 10.1. The lowest BCUT2D eigenvalue weighted by Crippen LogP contribution is -2.41. The van der Waals surface area contributed by atoms with E-state index < -0.39 is 17.7 Å². The van der Waals surface area contributed by atoms with Crippen LogP contribution in [0.4, 0.5) is 0 Å². The number of hydrogen-bond donors (Lipinski definition) is 0. The molecule has 0 bridgehead atoms. The average Bonchev–Trinajstić information content (AvgIpc) is 2.49. The third-order valence-electron chi connectivity index (χ3n) is 3.04. The SMILES string of the molecule is CCOc1cc(C=C2C(=O)OC(C)(C)OC2=O)cc(I)c1OCC#N. The van der Waals surface area contributed by atoms with Crippen LogP contribution in [0.15, 0.2) is 17.7 Å². The van der Waals surface area contributed by atoms with E-state index in [0.29, 0.717) is 27.2 Å². The summed E-state index contributed by atoms with van der Waals surface area (Å²) in [6.45, 7) is 5.04. The lowest BCUT2D eigenvalue weighted by Gasteiger charge is -2.29. The molecule has 0 aliphatic carbocycles. The van der Waals surface area contributed by atoms with Gasteiger partial charge in [-0.3, -0.25) is 0 Å². The first-order chi connectivity index (χ1) is 11.8. The Labute approximate surface area is 158 Å². The predicted octanol–water partition coefficient (Wildman–Crippen LogP) is 2.81. The molecule has 132 valence electrons. The minimum absolute atomic E-state index is 0.121. The van der Waals surface area contributed by atoms with Gasteiger partial charge in [-0.15, -0.1) is 0 Å².